The maximum Gasteiger partial charge on any atom is 0.327 e. The second kappa shape index (κ2) is 14.1. The van der Waals surface area contributed by atoms with E-state index in [-0.39, 0.29) is 42.8 Å². The molecule has 0 saturated carbocycles. The molecule has 3 amide bonds. The summed E-state index contributed by atoms with van der Waals surface area (Å²) in [6.45, 7) is 0.416. The molecule has 0 bridgehead atoms. The van der Waals surface area contributed by atoms with E-state index in [4.69, 9.17) is 0 Å². The SMILES string of the molecule is O=C1CCN(CC(c2ccccc2)c2c(-c3ccccc3)[nH]c3ccccc23)C(=O)N1Cc1cccc(S(=O)(=O)NCc2cccc(F)c2)c1. The molecule has 1 fully saturated rings. The van der Waals surface area contributed by atoms with Gasteiger partial charge in [-0.15, -0.1) is 0 Å². The lowest BCUT2D eigenvalue weighted by Crippen LogP contribution is -2.52. The molecule has 1 aliphatic heterocycles. The van der Waals surface area contributed by atoms with Crippen molar-refractivity contribution in [1.82, 2.24) is 19.5 Å². The Morgan fingerprint density at radius 3 is 2.26 bits per heavy atom. The molecule has 252 valence electrons. The molecule has 1 aromatic heterocycles. The Morgan fingerprint density at radius 1 is 0.780 bits per heavy atom. The maximum atomic E-state index is 14.1. The summed E-state index contributed by atoms with van der Waals surface area (Å²) >= 11 is 0. The Balaban J connectivity index is 1.16. The highest BCUT2D eigenvalue weighted by atomic mass is 32.2. The molecule has 0 aliphatic carbocycles. The van der Waals surface area contributed by atoms with Crippen molar-refractivity contribution in [2.24, 2.45) is 0 Å². The monoisotopic (exact) mass is 686 g/mol. The van der Waals surface area contributed by atoms with Crippen molar-refractivity contribution in [3.05, 3.63) is 162 Å². The van der Waals surface area contributed by atoms with Gasteiger partial charge in [0.2, 0.25) is 15.9 Å². The molecule has 1 aliphatic rings. The molecule has 0 radical (unpaired) electrons. The molecular weight excluding hydrogens is 652 g/mol. The zero-order chi connectivity index (χ0) is 34.7. The smallest absolute Gasteiger partial charge is 0.327 e. The van der Waals surface area contributed by atoms with Crippen molar-refractivity contribution < 1.29 is 22.4 Å². The molecule has 5 aromatic carbocycles. The van der Waals surface area contributed by atoms with Crippen molar-refractivity contribution in [3.63, 3.8) is 0 Å². The van der Waals surface area contributed by atoms with Gasteiger partial charge in [-0.2, -0.15) is 0 Å². The number of aromatic amines is 1. The summed E-state index contributed by atoms with van der Waals surface area (Å²) in [5.74, 6) is -1.00. The van der Waals surface area contributed by atoms with Gasteiger partial charge in [-0.1, -0.05) is 103 Å². The predicted molar refractivity (Wildman–Crippen MR) is 191 cm³/mol. The Kier molecular flexibility index (Phi) is 9.29. The fourth-order valence-electron chi connectivity index (χ4n) is 6.59. The first kappa shape index (κ1) is 32.9. The number of rotatable bonds is 11. The zero-order valence-electron chi connectivity index (χ0n) is 27.1. The molecule has 6 aromatic rings. The summed E-state index contributed by atoms with van der Waals surface area (Å²) in [5.41, 5.74) is 6.07. The second-order valence-electron chi connectivity index (χ2n) is 12.3. The van der Waals surface area contributed by atoms with Crippen LogP contribution in [0.5, 0.6) is 0 Å². The number of carbonyl (C=O) groups is 2. The number of H-pyrrole nitrogens is 1. The number of imide groups is 1. The van der Waals surface area contributed by atoms with Crippen LogP contribution in [0, 0.1) is 5.82 Å². The van der Waals surface area contributed by atoms with Crippen molar-refractivity contribution >= 4 is 32.9 Å². The van der Waals surface area contributed by atoms with Crippen LogP contribution in [0.15, 0.2) is 138 Å². The van der Waals surface area contributed by atoms with E-state index in [0.29, 0.717) is 17.7 Å². The Labute approximate surface area is 290 Å². The number of nitrogens with zero attached hydrogens (tertiary/aromatic N) is 2. The summed E-state index contributed by atoms with van der Waals surface area (Å²) in [5, 5.41) is 1.06. The van der Waals surface area contributed by atoms with E-state index < -0.39 is 21.9 Å². The number of amides is 3. The van der Waals surface area contributed by atoms with Gasteiger partial charge in [-0.25, -0.2) is 22.3 Å². The van der Waals surface area contributed by atoms with Gasteiger partial charge in [0, 0.05) is 42.9 Å². The second-order valence-corrected chi connectivity index (χ2v) is 14.1. The lowest BCUT2D eigenvalue weighted by atomic mass is 9.87. The fourth-order valence-corrected chi connectivity index (χ4v) is 7.68. The first-order valence-electron chi connectivity index (χ1n) is 16.4. The normalized spacial score (nSPS) is 14.3. The molecule has 10 heteroatoms. The Hall–Kier alpha value is -5.58. The standard InChI is InChI=1S/C40H35FN4O4S/c41-32-17-9-11-28(23-32)25-42-50(48,49)33-18-10-12-29(24-33)26-45-37(46)21-22-44(40(45)47)27-35(30-13-3-1-4-14-30)38-34-19-7-8-20-36(34)43-39(38)31-15-5-2-6-16-31/h1-20,23-24,35,42-43H,21-22,25-27H2. The van der Waals surface area contributed by atoms with E-state index in [0.717, 1.165) is 33.3 Å². The van der Waals surface area contributed by atoms with Gasteiger partial charge in [0.15, 0.2) is 0 Å². The van der Waals surface area contributed by atoms with Crippen LogP contribution in [0.3, 0.4) is 0 Å². The number of hydrogen-bond donors (Lipinski definition) is 2. The van der Waals surface area contributed by atoms with E-state index in [1.165, 1.54) is 35.2 Å². The summed E-state index contributed by atoms with van der Waals surface area (Å²) < 4.78 is 42.4. The van der Waals surface area contributed by atoms with Crippen molar-refractivity contribution in [2.45, 2.75) is 30.3 Å². The summed E-state index contributed by atoms with van der Waals surface area (Å²) in [6.07, 6.45) is 0.139. The third kappa shape index (κ3) is 6.94. The lowest BCUT2D eigenvalue weighted by Gasteiger charge is -2.36. The molecule has 7 rings (SSSR count). The van der Waals surface area contributed by atoms with Gasteiger partial charge >= 0.3 is 6.03 Å². The molecule has 2 N–H and O–H groups in total. The van der Waals surface area contributed by atoms with Gasteiger partial charge in [0.25, 0.3) is 0 Å². The van der Waals surface area contributed by atoms with Crippen molar-refractivity contribution in [2.75, 3.05) is 13.1 Å². The first-order valence-corrected chi connectivity index (χ1v) is 17.9. The van der Waals surface area contributed by atoms with Gasteiger partial charge < -0.3 is 9.88 Å². The average molecular weight is 687 g/mol. The van der Waals surface area contributed by atoms with Crippen molar-refractivity contribution in [3.8, 4) is 11.3 Å². The highest BCUT2D eigenvalue weighted by Crippen LogP contribution is 2.39. The van der Waals surface area contributed by atoms with E-state index in [1.54, 1.807) is 23.1 Å². The minimum Gasteiger partial charge on any atom is -0.354 e. The van der Waals surface area contributed by atoms with Crippen LogP contribution in [0.1, 0.15) is 34.6 Å². The molecule has 2 heterocycles. The first-order chi connectivity index (χ1) is 24.3. The molecule has 0 spiro atoms. The minimum absolute atomic E-state index is 0.0166. The van der Waals surface area contributed by atoms with Gasteiger partial charge in [-0.3, -0.25) is 9.69 Å². The van der Waals surface area contributed by atoms with Crippen LogP contribution >= 0.6 is 0 Å². The van der Waals surface area contributed by atoms with Crippen molar-refractivity contribution in [1.29, 1.82) is 0 Å². The van der Waals surface area contributed by atoms with Crippen LogP contribution in [0.4, 0.5) is 9.18 Å². The number of para-hydroxylation sites is 1. The molecular formula is C40H35FN4O4S. The fraction of sp³-hybridized carbons (Fsp3) is 0.150. The number of urea groups is 1. The van der Waals surface area contributed by atoms with Gasteiger partial charge in [0.1, 0.15) is 5.82 Å². The van der Waals surface area contributed by atoms with Crippen LogP contribution in [-0.4, -0.2) is 48.2 Å². The number of fused-ring (bicyclic) bond motifs is 1. The third-order valence-corrected chi connectivity index (χ3v) is 10.5. The highest BCUT2D eigenvalue weighted by Gasteiger charge is 2.35. The number of benzene rings is 5. The molecule has 50 heavy (non-hydrogen) atoms. The number of sulfonamides is 1. The van der Waals surface area contributed by atoms with E-state index >= 15 is 0 Å². The van der Waals surface area contributed by atoms with E-state index in [9.17, 15) is 22.4 Å². The summed E-state index contributed by atoms with van der Waals surface area (Å²) in [4.78, 5) is 33.9. The highest BCUT2D eigenvalue weighted by molar-refractivity contribution is 7.89. The number of hydrogen-bond acceptors (Lipinski definition) is 4. The summed E-state index contributed by atoms with van der Waals surface area (Å²) in [6, 6.07) is 39.7. The molecule has 1 unspecified atom stereocenters. The van der Waals surface area contributed by atoms with Crippen LogP contribution < -0.4 is 4.72 Å². The van der Waals surface area contributed by atoms with E-state index in [1.807, 2.05) is 54.6 Å². The maximum absolute atomic E-state index is 14.1. The van der Waals surface area contributed by atoms with Crippen LogP contribution in [0.25, 0.3) is 22.2 Å². The summed E-state index contributed by atoms with van der Waals surface area (Å²) in [7, 11) is -3.96. The van der Waals surface area contributed by atoms with E-state index in [2.05, 4.69) is 40.0 Å². The topological polar surface area (TPSA) is 103 Å². The number of aromatic nitrogens is 1. The molecule has 1 atom stereocenters. The Morgan fingerprint density at radius 2 is 1.48 bits per heavy atom. The largest absolute Gasteiger partial charge is 0.354 e. The zero-order valence-corrected chi connectivity index (χ0v) is 27.9. The third-order valence-electron chi connectivity index (χ3n) is 9.06. The molecule has 1 saturated heterocycles. The van der Waals surface area contributed by atoms with Gasteiger partial charge in [0.05, 0.1) is 17.1 Å². The molecule has 8 nitrogen and oxygen atoms in total. The minimum atomic E-state index is -3.96. The van der Waals surface area contributed by atoms with Gasteiger partial charge in [-0.05, 0) is 58.1 Å². The number of nitrogens with one attached hydrogen (secondary N) is 2. The lowest BCUT2D eigenvalue weighted by molar-refractivity contribution is -0.131. The van der Waals surface area contributed by atoms with Crippen LogP contribution in [-0.2, 0) is 27.9 Å². The Bertz CT molecular complexity index is 2280. The quantitative estimate of drug-likeness (QED) is 0.148. The average Bonchev–Trinajstić information content (AvgIpc) is 3.53. The van der Waals surface area contributed by atoms with Crippen LogP contribution in [0.2, 0.25) is 0 Å². The number of carbonyl (C=O) groups excluding carboxylic acids is 2. The predicted octanol–water partition coefficient (Wildman–Crippen LogP) is 7.44. The number of halogens is 1.